The van der Waals surface area contributed by atoms with E-state index in [0.717, 1.165) is 17.9 Å². The van der Waals surface area contributed by atoms with E-state index < -0.39 is 0 Å². The summed E-state index contributed by atoms with van der Waals surface area (Å²) in [5.74, 6) is 1.03. The highest BCUT2D eigenvalue weighted by Gasteiger charge is 2.44. The fourth-order valence-electron chi connectivity index (χ4n) is 3.39. The largest absolute Gasteiger partial charge is 0.496 e. The Morgan fingerprint density at radius 2 is 2.09 bits per heavy atom. The first-order valence-corrected chi connectivity index (χ1v) is 8.35. The molecule has 0 aromatic heterocycles. The van der Waals surface area contributed by atoms with Gasteiger partial charge >= 0.3 is 0 Å². The molecule has 2 fully saturated rings. The summed E-state index contributed by atoms with van der Waals surface area (Å²) in [4.78, 5) is 26.8. The summed E-state index contributed by atoms with van der Waals surface area (Å²) in [6, 6.07) is 7.41. The highest BCUT2D eigenvalue weighted by molar-refractivity contribution is 5.90. The van der Waals surface area contributed by atoms with Crippen LogP contribution in [-0.4, -0.2) is 36.9 Å². The molecule has 0 spiro atoms. The van der Waals surface area contributed by atoms with Gasteiger partial charge in [0.05, 0.1) is 19.1 Å². The number of nitrogens with zero attached hydrogens (tertiary/aromatic N) is 1. The molecule has 1 heterocycles. The van der Waals surface area contributed by atoms with E-state index in [9.17, 15) is 9.59 Å². The molecule has 1 saturated carbocycles. The Bertz CT molecular complexity index is 598. The van der Waals surface area contributed by atoms with Crippen molar-refractivity contribution in [1.82, 2.24) is 10.2 Å². The fraction of sp³-hybridized carbons (Fsp3) is 0.556. The van der Waals surface area contributed by atoms with Crippen LogP contribution in [0.15, 0.2) is 24.3 Å². The monoisotopic (exact) mass is 316 g/mol. The summed E-state index contributed by atoms with van der Waals surface area (Å²) in [6.45, 7) is 3.27. The van der Waals surface area contributed by atoms with E-state index in [4.69, 9.17) is 4.74 Å². The van der Waals surface area contributed by atoms with Gasteiger partial charge < -0.3 is 15.0 Å². The second-order valence-electron chi connectivity index (χ2n) is 6.37. The summed E-state index contributed by atoms with van der Waals surface area (Å²) < 4.78 is 5.45. The van der Waals surface area contributed by atoms with Crippen molar-refractivity contribution in [2.75, 3.05) is 20.2 Å². The molecule has 1 N–H and O–H groups in total. The van der Waals surface area contributed by atoms with Gasteiger partial charge in [-0.1, -0.05) is 18.2 Å². The summed E-state index contributed by atoms with van der Waals surface area (Å²) in [7, 11) is 1.62. The van der Waals surface area contributed by atoms with E-state index >= 15 is 0 Å². The highest BCUT2D eigenvalue weighted by atomic mass is 16.5. The summed E-state index contributed by atoms with van der Waals surface area (Å²) in [5.41, 5.74) is 0.911. The van der Waals surface area contributed by atoms with Crippen molar-refractivity contribution >= 4 is 11.8 Å². The minimum Gasteiger partial charge on any atom is -0.496 e. The van der Waals surface area contributed by atoms with E-state index in [2.05, 4.69) is 5.32 Å². The molecule has 2 aliphatic rings. The molecule has 0 unspecified atom stereocenters. The Morgan fingerprint density at radius 1 is 1.35 bits per heavy atom. The van der Waals surface area contributed by atoms with Crippen LogP contribution in [0.4, 0.5) is 0 Å². The van der Waals surface area contributed by atoms with E-state index in [0.29, 0.717) is 12.5 Å². The van der Waals surface area contributed by atoms with Gasteiger partial charge in [-0.05, 0) is 31.7 Å². The molecule has 1 aromatic rings. The predicted molar refractivity (Wildman–Crippen MR) is 87.0 cm³/mol. The lowest BCUT2D eigenvalue weighted by molar-refractivity contribution is -0.129. The average molecular weight is 316 g/mol. The zero-order valence-electron chi connectivity index (χ0n) is 13.7. The van der Waals surface area contributed by atoms with E-state index in [-0.39, 0.29) is 30.2 Å². The number of rotatable bonds is 6. The van der Waals surface area contributed by atoms with Crippen molar-refractivity contribution < 1.29 is 14.3 Å². The molecule has 5 nitrogen and oxygen atoms in total. The number of hydrogen-bond donors (Lipinski definition) is 1. The Kier molecular flexibility index (Phi) is 4.55. The van der Waals surface area contributed by atoms with Crippen LogP contribution in [0.25, 0.3) is 0 Å². The maximum absolute atomic E-state index is 12.6. The smallest absolute Gasteiger partial charge is 0.226 e. The maximum atomic E-state index is 12.6. The molecular weight excluding hydrogens is 292 g/mol. The third-order valence-corrected chi connectivity index (χ3v) is 4.83. The van der Waals surface area contributed by atoms with Crippen LogP contribution in [0.2, 0.25) is 0 Å². The zero-order chi connectivity index (χ0) is 16.4. The Labute approximate surface area is 137 Å². The number of carbonyl (C=O) groups excluding carboxylic acids is 2. The number of methoxy groups -OCH3 is 1. The van der Waals surface area contributed by atoms with Gasteiger partial charge in [-0.15, -0.1) is 0 Å². The lowest BCUT2D eigenvalue weighted by Gasteiger charge is -2.28. The minimum absolute atomic E-state index is 0.0166. The van der Waals surface area contributed by atoms with E-state index in [1.54, 1.807) is 12.0 Å². The number of nitrogens with one attached hydrogen (secondary N) is 1. The van der Waals surface area contributed by atoms with E-state index in [1.165, 1.54) is 12.8 Å². The fourth-order valence-corrected chi connectivity index (χ4v) is 3.39. The number of likely N-dealkylation sites (tertiary alicyclic amines) is 1. The third-order valence-electron chi connectivity index (χ3n) is 4.83. The molecule has 3 rings (SSSR count). The average Bonchev–Trinajstić information content (AvgIpc) is 3.34. The lowest BCUT2D eigenvalue weighted by Crippen LogP contribution is -2.36. The molecule has 5 heteroatoms. The van der Waals surface area contributed by atoms with Crippen LogP contribution in [0.3, 0.4) is 0 Å². The number of benzene rings is 1. The van der Waals surface area contributed by atoms with Crippen molar-refractivity contribution in [2.24, 2.45) is 11.8 Å². The van der Waals surface area contributed by atoms with Gasteiger partial charge in [-0.3, -0.25) is 9.59 Å². The first-order chi connectivity index (χ1) is 11.2. The van der Waals surface area contributed by atoms with Gasteiger partial charge in [-0.25, -0.2) is 0 Å². The molecule has 2 atom stereocenters. The molecule has 23 heavy (non-hydrogen) atoms. The molecule has 1 aliphatic heterocycles. The second-order valence-corrected chi connectivity index (χ2v) is 6.37. The van der Waals surface area contributed by atoms with Crippen molar-refractivity contribution in [3.8, 4) is 5.75 Å². The van der Waals surface area contributed by atoms with Crippen LogP contribution < -0.4 is 10.1 Å². The van der Waals surface area contributed by atoms with Crippen LogP contribution in [-0.2, 0) is 9.59 Å². The number of para-hydroxylation sites is 1. The first kappa shape index (κ1) is 15.8. The quantitative estimate of drug-likeness (QED) is 0.874. The van der Waals surface area contributed by atoms with Crippen LogP contribution in [0.5, 0.6) is 5.75 Å². The standard InChI is InChI=1S/C18H24N2O3/c1-3-20-16(21)10-14(18(22)19-11-12-8-9-12)17(20)13-6-4-5-7-15(13)23-2/h4-7,12,14,17H,3,8-11H2,1-2H3,(H,19,22)/t14-,17+/m1/s1. The Balaban J connectivity index is 1.87. The SMILES string of the molecule is CCN1C(=O)C[C@@H](C(=O)NCC2CC2)[C@@H]1c1ccccc1OC. The summed E-state index contributed by atoms with van der Waals surface area (Å²) >= 11 is 0. The number of ether oxygens (including phenoxy) is 1. The predicted octanol–water partition coefficient (Wildman–Crippen LogP) is 2.13. The van der Waals surface area contributed by atoms with Gasteiger partial charge in [0.1, 0.15) is 5.75 Å². The van der Waals surface area contributed by atoms with Crippen LogP contribution in [0, 0.1) is 11.8 Å². The van der Waals surface area contributed by atoms with E-state index in [1.807, 2.05) is 31.2 Å². The lowest BCUT2D eigenvalue weighted by atomic mass is 9.92. The highest BCUT2D eigenvalue weighted by Crippen LogP contribution is 2.41. The molecule has 2 amide bonds. The van der Waals surface area contributed by atoms with Crippen molar-refractivity contribution in [3.05, 3.63) is 29.8 Å². The normalized spacial score (nSPS) is 23.9. The third kappa shape index (κ3) is 3.19. The first-order valence-electron chi connectivity index (χ1n) is 8.35. The molecule has 124 valence electrons. The van der Waals surface area contributed by atoms with Crippen molar-refractivity contribution in [3.63, 3.8) is 0 Å². The van der Waals surface area contributed by atoms with Crippen LogP contribution >= 0.6 is 0 Å². The second kappa shape index (κ2) is 6.60. The van der Waals surface area contributed by atoms with Gasteiger partial charge in [0, 0.05) is 25.1 Å². The number of hydrogen-bond acceptors (Lipinski definition) is 3. The summed E-state index contributed by atoms with van der Waals surface area (Å²) in [5, 5.41) is 3.03. The topological polar surface area (TPSA) is 58.6 Å². The molecule has 0 bridgehead atoms. The van der Waals surface area contributed by atoms with Gasteiger partial charge in [-0.2, -0.15) is 0 Å². The van der Waals surface area contributed by atoms with Gasteiger partial charge in [0.25, 0.3) is 0 Å². The Hall–Kier alpha value is -2.04. The molecule has 0 radical (unpaired) electrons. The van der Waals surface area contributed by atoms with Crippen molar-refractivity contribution in [1.29, 1.82) is 0 Å². The molecule has 1 saturated heterocycles. The zero-order valence-corrected chi connectivity index (χ0v) is 13.7. The molecule has 1 aromatic carbocycles. The number of amides is 2. The van der Waals surface area contributed by atoms with Gasteiger partial charge in [0.15, 0.2) is 0 Å². The summed E-state index contributed by atoms with van der Waals surface area (Å²) in [6.07, 6.45) is 2.66. The van der Waals surface area contributed by atoms with Crippen LogP contribution in [0.1, 0.15) is 37.8 Å². The molecule has 1 aliphatic carbocycles. The van der Waals surface area contributed by atoms with Gasteiger partial charge in [0.2, 0.25) is 11.8 Å². The number of carbonyl (C=O) groups is 2. The maximum Gasteiger partial charge on any atom is 0.226 e. The molecular formula is C18H24N2O3. The Morgan fingerprint density at radius 3 is 2.74 bits per heavy atom. The minimum atomic E-state index is -0.350. The van der Waals surface area contributed by atoms with Crippen molar-refractivity contribution in [2.45, 2.75) is 32.2 Å².